The van der Waals surface area contributed by atoms with Crippen LogP contribution < -0.4 is 5.32 Å². The lowest BCUT2D eigenvalue weighted by Crippen LogP contribution is -2.32. The van der Waals surface area contributed by atoms with Crippen molar-refractivity contribution in [2.45, 2.75) is 26.0 Å². The Balaban J connectivity index is 0.000000878. The smallest absolute Gasteiger partial charge is 0.290 e. The second-order valence-electron chi connectivity index (χ2n) is 6.01. The van der Waals surface area contributed by atoms with E-state index in [1.807, 2.05) is 10.9 Å². The minimum atomic E-state index is -0.307. The van der Waals surface area contributed by atoms with E-state index in [2.05, 4.69) is 20.6 Å². The number of aromatic amines is 1. The number of fused-ring (bicyclic) bond motifs is 1. The Morgan fingerprint density at radius 3 is 2.93 bits per heavy atom. The highest BCUT2D eigenvalue weighted by Crippen LogP contribution is 2.26. The Morgan fingerprint density at radius 1 is 1.54 bits per heavy atom. The summed E-state index contributed by atoms with van der Waals surface area (Å²) in [5.74, 6) is -0.470. The standard InChI is InChI=1S/C16H21N5O4.CH2O2/c1-10(22)13-5-14(20-19-13)16(23)17-6-11-8-25-9-15-12(11)7-18-21(15)3-4-24-2;2-1-3/h5,7,11H,3-4,6,8-9H2,1-2H3,(H,17,23)(H,19,20);1H,(H,2,3). The molecule has 0 fully saturated rings. The minimum Gasteiger partial charge on any atom is -0.483 e. The van der Waals surface area contributed by atoms with Crippen molar-refractivity contribution in [3.8, 4) is 0 Å². The van der Waals surface area contributed by atoms with Gasteiger partial charge in [-0.05, 0) is 6.07 Å². The molecule has 3 rings (SSSR count). The first kappa shape index (κ1) is 21.3. The Hall–Kier alpha value is -3.05. The molecule has 1 aliphatic heterocycles. The number of ketones is 1. The van der Waals surface area contributed by atoms with E-state index in [0.29, 0.717) is 32.9 Å². The number of hydrogen-bond acceptors (Lipinski definition) is 7. The largest absolute Gasteiger partial charge is 0.483 e. The van der Waals surface area contributed by atoms with Crippen molar-refractivity contribution in [2.75, 3.05) is 26.9 Å². The third kappa shape index (κ3) is 5.24. The highest BCUT2D eigenvalue weighted by Gasteiger charge is 2.25. The van der Waals surface area contributed by atoms with E-state index in [4.69, 9.17) is 19.4 Å². The lowest BCUT2D eigenvalue weighted by atomic mass is 9.98. The Kier molecular flexibility index (Phi) is 7.84. The fraction of sp³-hybridized carbons (Fsp3) is 0.471. The second kappa shape index (κ2) is 10.3. The molecule has 0 aliphatic carbocycles. The van der Waals surface area contributed by atoms with Gasteiger partial charge in [0.25, 0.3) is 12.4 Å². The first-order chi connectivity index (χ1) is 13.5. The number of nitrogens with zero attached hydrogens (tertiary/aromatic N) is 3. The van der Waals surface area contributed by atoms with Crippen molar-refractivity contribution in [1.82, 2.24) is 25.3 Å². The molecule has 152 valence electrons. The minimum absolute atomic E-state index is 0.0270. The summed E-state index contributed by atoms with van der Waals surface area (Å²) in [6.07, 6.45) is 1.83. The first-order valence-corrected chi connectivity index (χ1v) is 8.55. The average Bonchev–Trinajstić information content (AvgIpc) is 3.33. The number of Topliss-reactive ketones (excluding diaryl/α,β-unsaturated/α-hetero) is 1. The number of H-pyrrole nitrogens is 1. The number of amides is 1. The van der Waals surface area contributed by atoms with Crippen molar-refractivity contribution < 1.29 is 29.0 Å². The molecule has 2 aromatic rings. The van der Waals surface area contributed by atoms with Crippen LogP contribution in [0.5, 0.6) is 0 Å². The van der Waals surface area contributed by atoms with Gasteiger partial charge in [-0.25, -0.2) is 0 Å². The van der Waals surface area contributed by atoms with E-state index < -0.39 is 0 Å². The highest BCUT2D eigenvalue weighted by molar-refractivity contribution is 5.97. The molecule has 0 radical (unpaired) electrons. The van der Waals surface area contributed by atoms with Crippen LogP contribution in [0, 0.1) is 0 Å². The van der Waals surface area contributed by atoms with Gasteiger partial charge in [0.15, 0.2) is 5.78 Å². The summed E-state index contributed by atoms with van der Waals surface area (Å²) >= 11 is 0. The fourth-order valence-corrected chi connectivity index (χ4v) is 2.78. The van der Waals surface area contributed by atoms with Crippen molar-refractivity contribution in [2.24, 2.45) is 0 Å². The Morgan fingerprint density at radius 2 is 2.29 bits per heavy atom. The molecule has 0 saturated carbocycles. The van der Waals surface area contributed by atoms with Crippen LogP contribution in [-0.4, -0.2) is 70.1 Å². The number of aromatic nitrogens is 4. The summed E-state index contributed by atoms with van der Waals surface area (Å²) < 4.78 is 12.6. The van der Waals surface area contributed by atoms with Crippen LogP contribution in [-0.2, 0) is 27.4 Å². The fourth-order valence-electron chi connectivity index (χ4n) is 2.78. The molecule has 1 amide bonds. The van der Waals surface area contributed by atoms with Gasteiger partial charge in [-0.15, -0.1) is 0 Å². The lowest BCUT2D eigenvalue weighted by Gasteiger charge is -2.23. The van der Waals surface area contributed by atoms with Crippen LogP contribution >= 0.6 is 0 Å². The van der Waals surface area contributed by atoms with Crippen LogP contribution in [0.4, 0.5) is 0 Å². The number of carbonyl (C=O) groups excluding carboxylic acids is 2. The molecule has 28 heavy (non-hydrogen) atoms. The quantitative estimate of drug-likeness (QED) is 0.446. The molecule has 0 spiro atoms. The van der Waals surface area contributed by atoms with Gasteiger partial charge < -0.3 is 19.9 Å². The Bertz CT molecular complexity index is 815. The van der Waals surface area contributed by atoms with E-state index in [1.165, 1.54) is 13.0 Å². The molecule has 1 atom stereocenters. The number of carbonyl (C=O) groups is 3. The van der Waals surface area contributed by atoms with Crippen LogP contribution in [0.15, 0.2) is 12.3 Å². The van der Waals surface area contributed by atoms with Crippen molar-refractivity contribution >= 4 is 18.2 Å². The molecule has 2 aromatic heterocycles. The molecule has 1 unspecified atom stereocenters. The number of rotatable bonds is 7. The van der Waals surface area contributed by atoms with Gasteiger partial charge in [0.2, 0.25) is 0 Å². The topological polar surface area (TPSA) is 148 Å². The van der Waals surface area contributed by atoms with Gasteiger partial charge >= 0.3 is 0 Å². The molecule has 0 saturated heterocycles. The number of carboxylic acid groups (broad SMARTS) is 1. The molecule has 11 nitrogen and oxygen atoms in total. The van der Waals surface area contributed by atoms with E-state index in [1.54, 1.807) is 7.11 Å². The zero-order valence-electron chi connectivity index (χ0n) is 15.7. The van der Waals surface area contributed by atoms with Gasteiger partial charge in [0.1, 0.15) is 11.4 Å². The van der Waals surface area contributed by atoms with Crippen molar-refractivity contribution in [1.29, 1.82) is 0 Å². The van der Waals surface area contributed by atoms with Crippen LogP contribution in [0.2, 0.25) is 0 Å². The normalized spacial score (nSPS) is 15.1. The maximum absolute atomic E-state index is 12.2. The highest BCUT2D eigenvalue weighted by atomic mass is 16.5. The zero-order valence-corrected chi connectivity index (χ0v) is 15.7. The van der Waals surface area contributed by atoms with Crippen LogP contribution in [0.25, 0.3) is 0 Å². The first-order valence-electron chi connectivity index (χ1n) is 8.55. The molecule has 0 bridgehead atoms. The summed E-state index contributed by atoms with van der Waals surface area (Å²) in [4.78, 5) is 31.8. The van der Waals surface area contributed by atoms with Crippen molar-refractivity contribution in [3.05, 3.63) is 34.9 Å². The van der Waals surface area contributed by atoms with Gasteiger partial charge in [-0.3, -0.25) is 24.2 Å². The third-order valence-electron chi connectivity index (χ3n) is 4.18. The van der Waals surface area contributed by atoms with Crippen LogP contribution in [0.3, 0.4) is 0 Å². The molecule has 1 aliphatic rings. The number of ether oxygens (including phenoxy) is 2. The molecule has 3 N–H and O–H groups in total. The molecule has 0 aromatic carbocycles. The van der Waals surface area contributed by atoms with Crippen molar-refractivity contribution in [3.63, 3.8) is 0 Å². The monoisotopic (exact) mass is 393 g/mol. The van der Waals surface area contributed by atoms with Gasteiger partial charge in [-0.1, -0.05) is 0 Å². The molecular formula is C17H23N5O6. The maximum atomic E-state index is 12.2. The number of hydrogen-bond donors (Lipinski definition) is 3. The summed E-state index contributed by atoms with van der Waals surface area (Å²) in [6.45, 7) is 3.83. The third-order valence-corrected chi connectivity index (χ3v) is 4.18. The van der Waals surface area contributed by atoms with E-state index in [-0.39, 0.29) is 35.5 Å². The number of methoxy groups -OCH3 is 1. The summed E-state index contributed by atoms with van der Waals surface area (Å²) in [6, 6.07) is 1.45. The van der Waals surface area contributed by atoms with E-state index >= 15 is 0 Å². The average molecular weight is 393 g/mol. The van der Waals surface area contributed by atoms with Gasteiger partial charge in [0.05, 0.1) is 38.3 Å². The summed E-state index contributed by atoms with van der Waals surface area (Å²) in [5, 5.41) is 20.5. The van der Waals surface area contributed by atoms with E-state index in [9.17, 15) is 9.59 Å². The second-order valence-corrected chi connectivity index (χ2v) is 6.01. The lowest BCUT2D eigenvalue weighted by molar-refractivity contribution is -0.122. The van der Waals surface area contributed by atoms with Gasteiger partial charge in [-0.2, -0.15) is 10.2 Å². The SMILES string of the molecule is COCCn1ncc2c1COCC2CNC(=O)c1cc(C(C)=O)n[nH]1.O=CO. The molecule has 11 heteroatoms. The predicted octanol–water partition coefficient (Wildman–Crippen LogP) is 0.200. The predicted molar refractivity (Wildman–Crippen MR) is 96.1 cm³/mol. The molecular weight excluding hydrogens is 370 g/mol. The maximum Gasteiger partial charge on any atom is 0.290 e. The zero-order chi connectivity index (χ0) is 20.5. The number of nitrogens with one attached hydrogen (secondary N) is 2. The molecule has 3 heterocycles. The van der Waals surface area contributed by atoms with Gasteiger partial charge in [0, 0.05) is 32.1 Å². The Labute approximate surface area is 161 Å². The van der Waals surface area contributed by atoms with Crippen LogP contribution in [0.1, 0.15) is 45.1 Å². The van der Waals surface area contributed by atoms with E-state index in [0.717, 1.165) is 11.3 Å². The summed E-state index contributed by atoms with van der Waals surface area (Å²) in [5.41, 5.74) is 2.60. The summed E-state index contributed by atoms with van der Waals surface area (Å²) in [7, 11) is 1.65.